The smallest absolute Gasteiger partial charge is 0.123 e. The molecule has 0 spiro atoms. The van der Waals surface area contributed by atoms with E-state index in [2.05, 4.69) is 31.1 Å². The molecule has 1 unspecified atom stereocenters. The topological polar surface area (TPSA) is 54.4 Å². The van der Waals surface area contributed by atoms with Gasteiger partial charge in [0.15, 0.2) is 0 Å². The van der Waals surface area contributed by atoms with Crippen molar-refractivity contribution in [1.29, 1.82) is 0 Å². The van der Waals surface area contributed by atoms with Crippen molar-refractivity contribution in [2.75, 3.05) is 13.2 Å². The molecule has 5 heteroatoms. The summed E-state index contributed by atoms with van der Waals surface area (Å²) in [4.78, 5) is 5.89. The van der Waals surface area contributed by atoms with E-state index in [1.54, 1.807) is 11.3 Å². The van der Waals surface area contributed by atoms with Gasteiger partial charge in [0.25, 0.3) is 0 Å². The molecule has 2 aromatic rings. The largest absolute Gasteiger partial charge is 0.491 e. The number of rotatable bonds is 8. The third-order valence-corrected chi connectivity index (χ3v) is 4.98. The third-order valence-electron chi connectivity index (χ3n) is 3.49. The zero-order valence-corrected chi connectivity index (χ0v) is 14.2. The lowest BCUT2D eigenvalue weighted by atomic mass is 10.1. The van der Waals surface area contributed by atoms with E-state index in [-0.39, 0.29) is 12.6 Å². The zero-order chi connectivity index (χ0) is 15.9. The highest BCUT2D eigenvalue weighted by Crippen LogP contribution is 2.26. The van der Waals surface area contributed by atoms with E-state index in [1.807, 2.05) is 24.3 Å². The minimum absolute atomic E-state index is 0.0258. The summed E-state index contributed by atoms with van der Waals surface area (Å²) in [7, 11) is 0. The van der Waals surface area contributed by atoms with Crippen LogP contribution in [-0.2, 0) is 13.0 Å². The molecule has 1 atom stereocenters. The molecule has 0 aliphatic heterocycles. The molecule has 0 amide bonds. The van der Waals surface area contributed by atoms with Crippen LogP contribution < -0.4 is 10.1 Å². The summed E-state index contributed by atoms with van der Waals surface area (Å²) in [5.41, 5.74) is 2.22. The van der Waals surface area contributed by atoms with E-state index >= 15 is 0 Å². The Morgan fingerprint density at radius 1 is 1.36 bits per heavy atom. The fourth-order valence-electron chi connectivity index (χ4n) is 2.32. The van der Waals surface area contributed by atoms with E-state index in [0.29, 0.717) is 6.61 Å². The lowest BCUT2D eigenvalue weighted by Gasteiger charge is -2.15. The molecule has 1 aromatic carbocycles. The number of nitrogens with zero attached hydrogens (tertiary/aromatic N) is 1. The molecule has 0 saturated carbocycles. The summed E-state index contributed by atoms with van der Waals surface area (Å²) in [6, 6.07) is 8.18. The minimum atomic E-state index is 0.0258. The molecule has 2 rings (SSSR count). The molecular formula is C17H24N2O2S. The second-order valence-corrected chi connectivity index (χ2v) is 6.31. The van der Waals surface area contributed by atoms with Crippen molar-refractivity contribution in [2.24, 2.45) is 0 Å². The molecule has 1 aromatic heterocycles. The maximum absolute atomic E-state index is 8.90. The van der Waals surface area contributed by atoms with Gasteiger partial charge < -0.3 is 15.2 Å². The first-order valence-electron chi connectivity index (χ1n) is 7.66. The van der Waals surface area contributed by atoms with Crippen molar-refractivity contribution in [3.05, 3.63) is 45.4 Å². The predicted molar refractivity (Wildman–Crippen MR) is 90.5 cm³/mol. The second-order valence-electron chi connectivity index (χ2n) is 5.19. The molecule has 22 heavy (non-hydrogen) atoms. The Morgan fingerprint density at radius 2 is 2.14 bits per heavy atom. The Kier molecular flexibility index (Phi) is 6.36. The Balaban J connectivity index is 2.01. The number of aromatic nitrogens is 1. The van der Waals surface area contributed by atoms with Crippen LogP contribution >= 0.6 is 11.3 Å². The van der Waals surface area contributed by atoms with E-state index in [4.69, 9.17) is 9.84 Å². The van der Waals surface area contributed by atoms with Crippen LogP contribution in [0.25, 0.3) is 0 Å². The molecule has 0 aliphatic carbocycles. The number of aliphatic hydroxyl groups excluding tert-OH is 1. The number of ether oxygens (including phenoxy) is 1. The van der Waals surface area contributed by atoms with Crippen LogP contribution in [0.15, 0.2) is 24.3 Å². The molecule has 0 bridgehead atoms. The second kappa shape index (κ2) is 8.27. The molecule has 0 saturated heterocycles. The van der Waals surface area contributed by atoms with Gasteiger partial charge in [-0.2, -0.15) is 0 Å². The van der Waals surface area contributed by atoms with Crippen LogP contribution in [0.5, 0.6) is 5.75 Å². The van der Waals surface area contributed by atoms with Crippen molar-refractivity contribution >= 4 is 11.3 Å². The van der Waals surface area contributed by atoms with Gasteiger partial charge in [-0.05, 0) is 26.3 Å². The SMILES string of the molecule is CCc1nc(C)c(C(C)NCc2ccccc2OCCO)s1. The summed E-state index contributed by atoms with van der Waals surface area (Å²) < 4.78 is 5.57. The maximum Gasteiger partial charge on any atom is 0.123 e. The van der Waals surface area contributed by atoms with Crippen LogP contribution in [0, 0.1) is 6.92 Å². The standard InChI is InChI=1S/C17H24N2O2S/c1-4-16-19-13(3)17(22-16)12(2)18-11-14-7-5-6-8-15(14)21-10-9-20/h5-8,12,18,20H,4,9-11H2,1-3H3. The highest BCUT2D eigenvalue weighted by atomic mass is 32.1. The van der Waals surface area contributed by atoms with Crippen molar-refractivity contribution in [3.8, 4) is 5.75 Å². The lowest BCUT2D eigenvalue weighted by Crippen LogP contribution is -2.18. The number of thiazole rings is 1. The predicted octanol–water partition coefficient (Wildman–Crippen LogP) is 3.24. The maximum atomic E-state index is 8.90. The lowest BCUT2D eigenvalue weighted by molar-refractivity contribution is 0.200. The van der Waals surface area contributed by atoms with Gasteiger partial charge in [0.1, 0.15) is 12.4 Å². The molecule has 4 nitrogen and oxygen atoms in total. The number of hydrogen-bond acceptors (Lipinski definition) is 5. The third kappa shape index (κ3) is 4.29. The number of para-hydroxylation sites is 1. The highest BCUT2D eigenvalue weighted by molar-refractivity contribution is 7.11. The van der Waals surface area contributed by atoms with Crippen molar-refractivity contribution < 1.29 is 9.84 Å². The normalized spacial score (nSPS) is 12.4. The zero-order valence-electron chi connectivity index (χ0n) is 13.4. The number of aliphatic hydroxyl groups is 1. The van der Waals surface area contributed by atoms with Gasteiger partial charge in [0.05, 0.1) is 17.3 Å². The fraction of sp³-hybridized carbons (Fsp3) is 0.471. The first kappa shape index (κ1) is 16.9. The van der Waals surface area contributed by atoms with Gasteiger partial charge in [-0.15, -0.1) is 11.3 Å². The molecular weight excluding hydrogens is 296 g/mol. The van der Waals surface area contributed by atoms with E-state index in [9.17, 15) is 0 Å². The Labute approximate surface area is 136 Å². The van der Waals surface area contributed by atoms with Crippen LogP contribution in [0.3, 0.4) is 0 Å². The van der Waals surface area contributed by atoms with E-state index < -0.39 is 0 Å². The first-order valence-corrected chi connectivity index (χ1v) is 8.48. The summed E-state index contributed by atoms with van der Waals surface area (Å²) in [5, 5.41) is 13.6. The molecule has 1 heterocycles. The minimum Gasteiger partial charge on any atom is -0.491 e. The first-order chi connectivity index (χ1) is 10.7. The molecule has 2 N–H and O–H groups in total. The molecule has 0 aliphatic rings. The summed E-state index contributed by atoms with van der Waals surface area (Å²) in [6.45, 7) is 7.44. The summed E-state index contributed by atoms with van der Waals surface area (Å²) in [6.07, 6.45) is 0.982. The Morgan fingerprint density at radius 3 is 2.82 bits per heavy atom. The highest BCUT2D eigenvalue weighted by Gasteiger charge is 2.14. The summed E-state index contributed by atoms with van der Waals surface area (Å²) in [5.74, 6) is 0.825. The van der Waals surface area contributed by atoms with Gasteiger partial charge >= 0.3 is 0 Å². The van der Waals surface area contributed by atoms with Gasteiger partial charge in [0, 0.05) is 23.0 Å². The number of hydrogen-bond donors (Lipinski definition) is 2. The fourth-order valence-corrected chi connectivity index (χ4v) is 3.35. The van der Waals surface area contributed by atoms with Crippen molar-refractivity contribution in [1.82, 2.24) is 10.3 Å². The molecule has 0 radical (unpaired) electrons. The van der Waals surface area contributed by atoms with Gasteiger partial charge in [-0.1, -0.05) is 25.1 Å². The van der Waals surface area contributed by atoms with Crippen molar-refractivity contribution in [2.45, 2.75) is 39.8 Å². The van der Waals surface area contributed by atoms with Crippen LogP contribution in [0.2, 0.25) is 0 Å². The van der Waals surface area contributed by atoms with Gasteiger partial charge in [-0.25, -0.2) is 4.98 Å². The van der Waals surface area contributed by atoms with Gasteiger partial charge in [-0.3, -0.25) is 0 Å². The van der Waals surface area contributed by atoms with E-state index in [0.717, 1.165) is 30.0 Å². The molecule has 0 fully saturated rings. The average Bonchev–Trinajstić information content (AvgIpc) is 2.92. The van der Waals surface area contributed by atoms with Gasteiger partial charge in [0.2, 0.25) is 0 Å². The number of benzene rings is 1. The van der Waals surface area contributed by atoms with Crippen LogP contribution in [0.1, 0.15) is 41.0 Å². The Hall–Kier alpha value is -1.43. The number of aryl methyl sites for hydroxylation is 2. The van der Waals surface area contributed by atoms with Crippen molar-refractivity contribution in [3.63, 3.8) is 0 Å². The number of nitrogens with one attached hydrogen (secondary N) is 1. The van der Waals surface area contributed by atoms with E-state index in [1.165, 1.54) is 9.88 Å². The monoisotopic (exact) mass is 320 g/mol. The quantitative estimate of drug-likeness (QED) is 0.784. The molecule has 120 valence electrons. The summed E-state index contributed by atoms with van der Waals surface area (Å²) >= 11 is 1.78. The van der Waals surface area contributed by atoms with Crippen LogP contribution in [-0.4, -0.2) is 23.3 Å². The average molecular weight is 320 g/mol. The Bertz CT molecular complexity index is 598. The van der Waals surface area contributed by atoms with Crippen LogP contribution in [0.4, 0.5) is 0 Å².